The van der Waals surface area contributed by atoms with Crippen molar-refractivity contribution in [2.24, 2.45) is 0 Å². The number of fused-ring (bicyclic) bond motifs is 1. The van der Waals surface area contributed by atoms with Gasteiger partial charge in [0, 0.05) is 17.0 Å². The number of aromatic hydroxyl groups is 2. The molecule has 0 saturated heterocycles. The molecule has 2 heteroatoms. The Kier molecular flexibility index (Phi) is 4.10. The summed E-state index contributed by atoms with van der Waals surface area (Å²) >= 11 is 0. The van der Waals surface area contributed by atoms with E-state index in [0.29, 0.717) is 0 Å². The standard InChI is InChI=1S/C24H20O2/c1-16-8-7-13-20(24(16)26)22(18-10-3-2-4-11-18)23-19-12-6-5-9-17(19)14-15-21(23)25/h2-15,22,25-26H,1H3. The lowest BCUT2D eigenvalue weighted by molar-refractivity contribution is 0.457. The minimum atomic E-state index is -0.262. The molecule has 0 saturated carbocycles. The predicted octanol–water partition coefficient (Wildman–Crippen LogP) is 5.74. The summed E-state index contributed by atoms with van der Waals surface area (Å²) in [6.07, 6.45) is 0. The number of para-hydroxylation sites is 1. The molecule has 0 bridgehead atoms. The molecule has 0 aliphatic rings. The molecule has 1 atom stereocenters. The second-order valence-corrected chi connectivity index (χ2v) is 6.58. The van der Waals surface area contributed by atoms with E-state index in [9.17, 15) is 10.2 Å². The highest BCUT2D eigenvalue weighted by Gasteiger charge is 2.25. The monoisotopic (exact) mass is 340 g/mol. The van der Waals surface area contributed by atoms with Crippen LogP contribution < -0.4 is 0 Å². The summed E-state index contributed by atoms with van der Waals surface area (Å²) in [6.45, 7) is 1.89. The smallest absolute Gasteiger partial charge is 0.122 e. The third kappa shape index (κ3) is 2.70. The minimum absolute atomic E-state index is 0.235. The Morgan fingerprint density at radius 1 is 0.692 bits per heavy atom. The first-order valence-corrected chi connectivity index (χ1v) is 8.71. The van der Waals surface area contributed by atoms with Gasteiger partial charge in [0.15, 0.2) is 0 Å². The van der Waals surface area contributed by atoms with Gasteiger partial charge >= 0.3 is 0 Å². The van der Waals surface area contributed by atoms with Crippen LogP contribution in [-0.2, 0) is 0 Å². The van der Waals surface area contributed by atoms with Gasteiger partial charge in [-0.25, -0.2) is 0 Å². The van der Waals surface area contributed by atoms with E-state index in [1.165, 1.54) is 0 Å². The Labute approximate surface area is 153 Å². The van der Waals surface area contributed by atoms with Crippen LogP contribution in [0.4, 0.5) is 0 Å². The summed E-state index contributed by atoms with van der Waals surface area (Å²) in [5.41, 5.74) is 3.46. The first-order chi connectivity index (χ1) is 12.7. The zero-order chi connectivity index (χ0) is 18.1. The van der Waals surface area contributed by atoms with Gasteiger partial charge in [-0.3, -0.25) is 0 Å². The van der Waals surface area contributed by atoms with Crippen LogP contribution in [0.3, 0.4) is 0 Å². The maximum Gasteiger partial charge on any atom is 0.122 e. The second kappa shape index (κ2) is 6.57. The lowest BCUT2D eigenvalue weighted by atomic mass is 9.81. The highest BCUT2D eigenvalue weighted by molar-refractivity contribution is 5.89. The average Bonchev–Trinajstić information content (AvgIpc) is 2.68. The SMILES string of the molecule is Cc1cccc(C(c2ccccc2)c2c(O)ccc3ccccc23)c1O. The molecule has 2 N–H and O–H groups in total. The molecular formula is C24H20O2. The van der Waals surface area contributed by atoms with Crippen LogP contribution in [-0.4, -0.2) is 10.2 Å². The van der Waals surface area contributed by atoms with E-state index in [0.717, 1.165) is 33.0 Å². The van der Waals surface area contributed by atoms with Crippen molar-refractivity contribution < 1.29 is 10.2 Å². The van der Waals surface area contributed by atoms with E-state index in [1.54, 1.807) is 6.07 Å². The molecule has 0 aliphatic carbocycles. The predicted molar refractivity (Wildman–Crippen MR) is 106 cm³/mol. The lowest BCUT2D eigenvalue weighted by Crippen LogP contribution is -2.05. The molecule has 0 spiro atoms. The fourth-order valence-electron chi connectivity index (χ4n) is 3.65. The number of rotatable bonds is 3. The summed E-state index contributed by atoms with van der Waals surface area (Å²) in [5, 5.41) is 23.6. The van der Waals surface area contributed by atoms with Crippen molar-refractivity contribution in [1.29, 1.82) is 0 Å². The lowest BCUT2D eigenvalue weighted by Gasteiger charge is -2.23. The van der Waals surface area contributed by atoms with Crippen LogP contribution in [0.1, 0.15) is 28.2 Å². The number of hydrogen-bond donors (Lipinski definition) is 2. The summed E-state index contributed by atoms with van der Waals surface area (Å²) in [6, 6.07) is 27.5. The van der Waals surface area contributed by atoms with Crippen molar-refractivity contribution in [1.82, 2.24) is 0 Å². The molecule has 0 radical (unpaired) electrons. The van der Waals surface area contributed by atoms with Crippen molar-refractivity contribution in [3.8, 4) is 11.5 Å². The van der Waals surface area contributed by atoms with E-state index < -0.39 is 0 Å². The second-order valence-electron chi connectivity index (χ2n) is 6.58. The van der Waals surface area contributed by atoms with Gasteiger partial charge in [0.2, 0.25) is 0 Å². The molecule has 0 aliphatic heterocycles. The van der Waals surface area contributed by atoms with Gasteiger partial charge in [0.25, 0.3) is 0 Å². The van der Waals surface area contributed by atoms with Gasteiger partial charge in [-0.15, -0.1) is 0 Å². The molecule has 4 aromatic rings. The minimum Gasteiger partial charge on any atom is -0.508 e. The van der Waals surface area contributed by atoms with Crippen LogP contribution in [0.2, 0.25) is 0 Å². The number of phenolic OH excluding ortho intramolecular Hbond substituents is 2. The van der Waals surface area contributed by atoms with Crippen LogP contribution in [0.5, 0.6) is 11.5 Å². The molecule has 0 heterocycles. The van der Waals surface area contributed by atoms with E-state index >= 15 is 0 Å². The molecule has 2 nitrogen and oxygen atoms in total. The van der Waals surface area contributed by atoms with Crippen molar-refractivity contribution in [3.63, 3.8) is 0 Å². The van der Waals surface area contributed by atoms with Crippen molar-refractivity contribution in [2.45, 2.75) is 12.8 Å². The van der Waals surface area contributed by atoms with E-state index in [1.807, 2.05) is 85.8 Å². The first kappa shape index (κ1) is 16.2. The quantitative estimate of drug-likeness (QED) is 0.467. The Hall–Kier alpha value is -3.26. The normalized spacial score (nSPS) is 12.2. The Morgan fingerprint density at radius 3 is 2.23 bits per heavy atom. The van der Waals surface area contributed by atoms with Gasteiger partial charge in [0.05, 0.1) is 0 Å². The van der Waals surface area contributed by atoms with Crippen molar-refractivity contribution in [2.75, 3.05) is 0 Å². The molecule has 4 aromatic carbocycles. The maximum absolute atomic E-state index is 10.8. The molecule has 0 amide bonds. The highest BCUT2D eigenvalue weighted by Crippen LogP contribution is 2.44. The third-order valence-corrected chi connectivity index (χ3v) is 4.95. The summed E-state index contributed by atoms with van der Waals surface area (Å²) < 4.78 is 0. The summed E-state index contributed by atoms with van der Waals surface area (Å²) in [5.74, 6) is 0.245. The summed E-state index contributed by atoms with van der Waals surface area (Å²) in [7, 11) is 0. The number of hydrogen-bond acceptors (Lipinski definition) is 2. The number of phenols is 2. The van der Waals surface area contributed by atoms with Gasteiger partial charge in [-0.1, -0.05) is 78.9 Å². The van der Waals surface area contributed by atoms with E-state index in [-0.39, 0.29) is 17.4 Å². The van der Waals surface area contributed by atoms with Crippen LogP contribution in [0.25, 0.3) is 10.8 Å². The fraction of sp³-hybridized carbons (Fsp3) is 0.0833. The molecular weight excluding hydrogens is 320 g/mol. The fourth-order valence-corrected chi connectivity index (χ4v) is 3.65. The van der Waals surface area contributed by atoms with Gasteiger partial charge < -0.3 is 10.2 Å². The van der Waals surface area contributed by atoms with Crippen LogP contribution >= 0.6 is 0 Å². The highest BCUT2D eigenvalue weighted by atomic mass is 16.3. The van der Waals surface area contributed by atoms with E-state index in [2.05, 4.69) is 0 Å². The Morgan fingerprint density at radius 2 is 1.42 bits per heavy atom. The maximum atomic E-state index is 10.8. The van der Waals surface area contributed by atoms with E-state index in [4.69, 9.17) is 0 Å². The molecule has 1 unspecified atom stereocenters. The number of benzene rings is 4. The van der Waals surface area contributed by atoms with Crippen LogP contribution in [0.15, 0.2) is 84.9 Å². The van der Waals surface area contributed by atoms with Crippen molar-refractivity contribution >= 4 is 10.8 Å². The van der Waals surface area contributed by atoms with Gasteiger partial charge in [0.1, 0.15) is 11.5 Å². The number of aryl methyl sites for hydroxylation is 1. The zero-order valence-corrected chi connectivity index (χ0v) is 14.6. The molecule has 0 fully saturated rings. The molecule has 4 rings (SSSR count). The molecule has 128 valence electrons. The van der Waals surface area contributed by atoms with Crippen LogP contribution in [0, 0.1) is 6.92 Å². The first-order valence-electron chi connectivity index (χ1n) is 8.71. The molecule has 0 aromatic heterocycles. The average molecular weight is 340 g/mol. The third-order valence-electron chi connectivity index (χ3n) is 4.95. The zero-order valence-electron chi connectivity index (χ0n) is 14.6. The van der Waals surface area contributed by atoms with Gasteiger partial charge in [-0.2, -0.15) is 0 Å². The van der Waals surface area contributed by atoms with Crippen molar-refractivity contribution in [3.05, 3.63) is 107 Å². The largest absolute Gasteiger partial charge is 0.508 e. The van der Waals surface area contributed by atoms with Gasteiger partial charge in [-0.05, 0) is 34.9 Å². The Balaban J connectivity index is 2.08. The molecule has 26 heavy (non-hydrogen) atoms. The Bertz CT molecular complexity index is 1070. The summed E-state index contributed by atoms with van der Waals surface area (Å²) in [4.78, 5) is 0. The topological polar surface area (TPSA) is 40.5 Å².